The van der Waals surface area contributed by atoms with Gasteiger partial charge in [-0.25, -0.2) is 0 Å². The summed E-state index contributed by atoms with van der Waals surface area (Å²) in [6, 6.07) is 2.07. The second-order valence-corrected chi connectivity index (χ2v) is 2.36. The highest BCUT2D eigenvalue weighted by Gasteiger charge is 2.05. The van der Waals surface area contributed by atoms with Gasteiger partial charge in [0.15, 0.2) is 0 Å². The normalized spacial score (nSPS) is 9.45. The summed E-state index contributed by atoms with van der Waals surface area (Å²) < 4.78 is 4.96. The highest BCUT2D eigenvalue weighted by Crippen LogP contribution is 2.10. The largest absolute Gasteiger partial charge is 0.361 e. The van der Waals surface area contributed by atoms with E-state index in [1.54, 1.807) is 6.20 Å². The van der Waals surface area contributed by atoms with Crippen LogP contribution < -0.4 is 0 Å². The number of rotatable bonds is 3. The van der Waals surface area contributed by atoms with Gasteiger partial charge in [0, 0.05) is 12.0 Å². The lowest BCUT2D eigenvalue weighted by Gasteiger charge is -1.91. The van der Waals surface area contributed by atoms with E-state index >= 15 is 0 Å². The maximum absolute atomic E-state index is 8.41. The van der Waals surface area contributed by atoms with Crippen LogP contribution in [0.1, 0.15) is 24.7 Å². The molecule has 3 nitrogen and oxygen atoms in total. The smallest absolute Gasteiger partial charge is 0.140 e. The van der Waals surface area contributed by atoms with Crippen LogP contribution in [0, 0.1) is 11.3 Å². The molecule has 0 N–H and O–H groups in total. The molecule has 0 bridgehead atoms. The van der Waals surface area contributed by atoms with Crippen LogP contribution in [0.2, 0.25) is 0 Å². The predicted molar refractivity (Wildman–Crippen MR) is 39.8 cm³/mol. The first-order valence-electron chi connectivity index (χ1n) is 3.67. The number of aryl methyl sites for hydroxylation is 1. The van der Waals surface area contributed by atoms with Gasteiger partial charge in [-0.1, -0.05) is 12.1 Å². The van der Waals surface area contributed by atoms with E-state index in [0.29, 0.717) is 6.42 Å². The van der Waals surface area contributed by atoms with E-state index in [9.17, 15) is 0 Å². The Labute approximate surface area is 65.6 Å². The lowest BCUT2D eigenvalue weighted by Crippen LogP contribution is -1.86. The van der Waals surface area contributed by atoms with Gasteiger partial charge in [0.2, 0.25) is 0 Å². The third kappa shape index (κ3) is 1.81. The lowest BCUT2D eigenvalue weighted by molar-refractivity contribution is 0.381. The molecule has 0 atom stereocenters. The molecule has 0 aliphatic rings. The summed E-state index contributed by atoms with van der Waals surface area (Å²) in [6.45, 7) is 2.07. The summed E-state index contributed by atoms with van der Waals surface area (Å²) in [7, 11) is 0. The maximum atomic E-state index is 8.41. The Bertz CT molecular complexity index is 259. The van der Waals surface area contributed by atoms with Crippen LogP contribution in [-0.2, 0) is 12.8 Å². The number of nitrogens with zero attached hydrogens (tertiary/aromatic N) is 2. The molecule has 0 amide bonds. The molecule has 0 saturated carbocycles. The second-order valence-electron chi connectivity index (χ2n) is 2.36. The fourth-order valence-corrected chi connectivity index (χ4v) is 0.947. The molecule has 0 aromatic carbocycles. The predicted octanol–water partition coefficient (Wildman–Crippen LogP) is 1.69. The molecule has 1 aromatic rings. The first-order chi connectivity index (χ1) is 5.38. The molecule has 3 heteroatoms. The highest BCUT2D eigenvalue weighted by atomic mass is 16.5. The van der Waals surface area contributed by atoms with E-state index in [2.05, 4.69) is 18.1 Å². The summed E-state index contributed by atoms with van der Waals surface area (Å²) in [6.07, 6.45) is 3.91. The van der Waals surface area contributed by atoms with Gasteiger partial charge < -0.3 is 4.52 Å². The van der Waals surface area contributed by atoms with E-state index < -0.39 is 0 Å². The van der Waals surface area contributed by atoms with Gasteiger partial charge in [0.25, 0.3) is 0 Å². The van der Waals surface area contributed by atoms with E-state index in [1.807, 2.05) is 0 Å². The molecule has 0 aliphatic carbocycles. The molecular weight excluding hydrogens is 140 g/mol. The van der Waals surface area contributed by atoms with Crippen molar-refractivity contribution in [2.24, 2.45) is 0 Å². The average Bonchev–Trinajstić information content (AvgIpc) is 2.39. The Hall–Kier alpha value is -1.30. The minimum absolute atomic E-state index is 0.402. The molecule has 0 radical (unpaired) electrons. The number of nitriles is 1. The lowest BCUT2D eigenvalue weighted by atomic mass is 10.1. The zero-order valence-electron chi connectivity index (χ0n) is 6.50. The molecule has 1 aromatic heterocycles. The Morgan fingerprint density at radius 3 is 3.18 bits per heavy atom. The monoisotopic (exact) mass is 150 g/mol. The van der Waals surface area contributed by atoms with Crippen LogP contribution >= 0.6 is 0 Å². The summed E-state index contributed by atoms with van der Waals surface area (Å²) in [5.41, 5.74) is 0.925. The summed E-state index contributed by atoms with van der Waals surface area (Å²) in [4.78, 5) is 0. The first-order valence-corrected chi connectivity index (χ1v) is 3.67. The molecule has 58 valence electrons. The average molecular weight is 150 g/mol. The van der Waals surface area contributed by atoms with Gasteiger partial charge in [0.05, 0.1) is 18.7 Å². The Morgan fingerprint density at radius 2 is 2.55 bits per heavy atom. The minimum Gasteiger partial charge on any atom is -0.361 e. The van der Waals surface area contributed by atoms with Crippen LogP contribution in [0.3, 0.4) is 0 Å². The number of hydrogen-bond donors (Lipinski definition) is 0. The van der Waals surface area contributed by atoms with Gasteiger partial charge in [-0.15, -0.1) is 0 Å². The molecule has 0 spiro atoms. The van der Waals surface area contributed by atoms with Crippen molar-refractivity contribution in [3.8, 4) is 6.07 Å². The molecule has 0 unspecified atom stereocenters. The van der Waals surface area contributed by atoms with E-state index in [-0.39, 0.29) is 0 Å². The Kier molecular flexibility index (Phi) is 2.67. The summed E-state index contributed by atoms with van der Waals surface area (Å²) >= 11 is 0. The molecular formula is C8H10N2O. The van der Waals surface area contributed by atoms with Crippen molar-refractivity contribution < 1.29 is 4.52 Å². The topological polar surface area (TPSA) is 49.8 Å². The SMILES string of the molecule is CCCc1oncc1CC#N. The second kappa shape index (κ2) is 3.77. The van der Waals surface area contributed by atoms with Gasteiger partial charge in [0.1, 0.15) is 5.76 Å². The fraction of sp³-hybridized carbons (Fsp3) is 0.500. The van der Waals surface area contributed by atoms with Crippen LogP contribution in [0.15, 0.2) is 10.7 Å². The third-order valence-corrected chi connectivity index (χ3v) is 1.48. The van der Waals surface area contributed by atoms with Crippen LogP contribution in [0.25, 0.3) is 0 Å². The van der Waals surface area contributed by atoms with E-state index in [4.69, 9.17) is 9.78 Å². The third-order valence-electron chi connectivity index (χ3n) is 1.48. The number of aromatic nitrogens is 1. The number of hydrogen-bond acceptors (Lipinski definition) is 3. The molecule has 0 aliphatic heterocycles. The zero-order valence-corrected chi connectivity index (χ0v) is 6.50. The van der Waals surface area contributed by atoms with Gasteiger partial charge in [-0.3, -0.25) is 0 Å². The van der Waals surface area contributed by atoms with Crippen LogP contribution in [-0.4, -0.2) is 5.16 Å². The summed E-state index contributed by atoms with van der Waals surface area (Å²) in [5, 5.41) is 12.0. The molecule has 0 fully saturated rings. The fourth-order valence-electron chi connectivity index (χ4n) is 0.947. The van der Waals surface area contributed by atoms with Crippen molar-refractivity contribution in [2.45, 2.75) is 26.2 Å². The highest BCUT2D eigenvalue weighted by molar-refractivity contribution is 5.17. The Balaban J connectivity index is 2.71. The standard InChI is InChI=1S/C8H10N2O/c1-2-3-8-7(4-5-9)6-10-11-8/h6H,2-4H2,1H3. The quantitative estimate of drug-likeness (QED) is 0.658. The maximum Gasteiger partial charge on any atom is 0.140 e. The first kappa shape index (κ1) is 7.80. The van der Waals surface area contributed by atoms with Crippen molar-refractivity contribution in [2.75, 3.05) is 0 Å². The minimum atomic E-state index is 0.402. The van der Waals surface area contributed by atoms with Crippen molar-refractivity contribution >= 4 is 0 Å². The molecule has 1 rings (SSSR count). The van der Waals surface area contributed by atoms with Crippen LogP contribution in [0.4, 0.5) is 0 Å². The van der Waals surface area contributed by atoms with Crippen LogP contribution in [0.5, 0.6) is 0 Å². The zero-order chi connectivity index (χ0) is 8.10. The molecule has 1 heterocycles. The van der Waals surface area contributed by atoms with Gasteiger partial charge >= 0.3 is 0 Å². The van der Waals surface area contributed by atoms with E-state index in [1.165, 1.54) is 0 Å². The van der Waals surface area contributed by atoms with Gasteiger partial charge in [-0.05, 0) is 6.42 Å². The van der Waals surface area contributed by atoms with Crippen molar-refractivity contribution in [3.05, 3.63) is 17.5 Å². The van der Waals surface area contributed by atoms with E-state index in [0.717, 1.165) is 24.2 Å². The van der Waals surface area contributed by atoms with Crippen molar-refractivity contribution in [3.63, 3.8) is 0 Å². The molecule has 0 saturated heterocycles. The van der Waals surface area contributed by atoms with Crippen molar-refractivity contribution in [1.29, 1.82) is 5.26 Å². The molecule has 11 heavy (non-hydrogen) atoms. The van der Waals surface area contributed by atoms with Crippen molar-refractivity contribution in [1.82, 2.24) is 5.16 Å². The Morgan fingerprint density at radius 1 is 1.73 bits per heavy atom. The summed E-state index contributed by atoms with van der Waals surface area (Å²) in [5.74, 6) is 0.856. The van der Waals surface area contributed by atoms with Gasteiger partial charge in [-0.2, -0.15) is 5.26 Å².